The predicted molar refractivity (Wildman–Crippen MR) is 92.6 cm³/mol. The van der Waals surface area contributed by atoms with E-state index in [1.165, 1.54) is 0 Å². The first-order valence-electron chi connectivity index (χ1n) is 7.40. The van der Waals surface area contributed by atoms with Gasteiger partial charge in [-0.2, -0.15) is 0 Å². The number of aromatic nitrogens is 2. The topological polar surface area (TPSA) is 58.1 Å². The molecular weight excluding hydrogens is 335 g/mol. The number of aryl methyl sites for hydroxylation is 1. The van der Waals surface area contributed by atoms with Crippen LogP contribution in [0.15, 0.2) is 24.3 Å². The molecule has 1 N–H and O–H groups in total. The summed E-state index contributed by atoms with van der Waals surface area (Å²) in [5.74, 6) is 0.316. The van der Waals surface area contributed by atoms with Crippen molar-refractivity contribution < 1.29 is 4.79 Å². The Kier molecular flexibility index (Phi) is 4.68. The standard InChI is InChI=1S/C16H16Cl2N4O/c1-10-8-14(21-16(19-10)22-6-2-3-7-22)15(23)20-11-4-5-12(17)13(18)9-11/h4-5,8-9H,2-3,6-7H2,1H3,(H,20,23). The third-order valence-electron chi connectivity index (χ3n) is 3.64. The monoisotopic (exact) mass is 350 g/mol. The number of hydrogen-bond donors (Lipinski definition) is 1. The lowest BCUT2D eigenvalue weighted by Gasteiger charge is -2.16. The van der Waals surface area contributed by atoms with Gasteiger partial charge >= 0.3 is 0 Å². The van der Waals surface area contributed by atoms with Crippen LogP contribution in [0.25, 0.3) is 0 Å². The third-order valence-corrected chi connectivity index (χ3v) is 4.38. The lowest BCUT2D eigenvalue weighted by Crippen LogP contribution is -2.23. The molecule has 2 heterocycles. The Hall–Kier alpha value is -1.85. The Morgan fingerprint density at radius 2 is 1.87 bits per heavy atom. The van der Waals surface area contributed by atoms with E-state index in [0.717, 1.165) is 31.6 Å². The fourth-order valence-electron chi connectivity index (χ4n) is 2.50. The van der Waals surface area contributed by atoms with Gasteiger partial charge in [0.05, 0.1) is 10.0 Å². The van der Waals surface area contributed by atoms with Crippen molar-refractivity contribution in [1.29, 1.82) is 0 Å². The lowest BCUT2D eigenvalue weighted by atomic mass is 10.3. The number of carbonyl (C=O) groups is 1. The Balaban J connectivity index is 1.82. The molecule has 1 saturated heterocycles. The molecule has 1 aromatic heterocycles. The molecule has 0 atom stereocenters. The van der Waals surface area contributed by atoms with Crippen molar-refractivity contribution in [2.24, 2.45) is 0 Å². The molecule has 0 radical (unpaired) electrons. The molecule has 1 amide bonds. The quantitative estimate of drug-likeness (QED) is 0.910. The molecule has 3 rings (SSSR count). The Morgan fingerprint density at radius 3 is 2.57 bits per heavy atom. The molecule has 5 nitrogen and oxygen atoms in total. The second-order valence-corrected chi connectivity index (χ2v) is 6.29. The molecule has 23 heavy (non-hydrogen) atoms. The minimum atomic E-state index is -0.297. The van der Waals surface area contributed by atoms with Gasteiger partial charge in [0.25, 0.3) is 5.91 Å². The van der Waals surface area contributed by atoms with Crippen LogP contribution in [0.2, 0.25) is 10.0 Å². The van der Waals surface area contributed by atoms with Gasteiger partial charge in [0.1, 0.15) is 5.69 Å². The van der Waals surface area contributed by atoms with Crippen molar-refractivity contribution in [3.63, 3.8) is 0 Å². The van der Waals surface area contributed by atoms with Crippen LogP contribution in [0.5, 0.6) is 0 Å². The van der Waals surface area contributed by atoms with Crippen LogP contribution in [0, 0.1) is 6.92 Å². The van der Waals surface area contributed by atoms with Gasteiger partial charge in [-0.25, -0.2) is 9.97 Å². The Labute approximate surface area is 144 Å². The number of nitrogens with zero attached hydrogens (tertiary/aromatic N) is 3. The van der Waals surface area contributed by atoms with Gasteiger partial charge in [0.15, 0.2) is 0 Å². The first-order chi connectivity index (χ1) is 11.0. The summed E-state index contributed by atoms with van der Waals surface area (Å²) in [6, 6.07) is 6.62. The number of halogens is 2. The van der Waals surface area contributed by atoms with Gasteiger partial charge in [-0.1, -0.05) is 23.2 Å². The maximum absolute atomic E-state index is 12.4. The maximum atomic E-state index is 12.4. The SMILES string of the molecule is Cc1cc(C(=O)Nc2ccc(Cl)c(Cl)c2)nc(N2CCCC2)n1. The van der Waals surface area contributed by atoms with E-state index >= 15 is 0 Å². The van der Waals surface area contributed by atoms with Crippen LogP contribution in [0.3, 0.4) is 0 Å². The van der Waals surface area contributed by atoms with Crippen LogP contribution in [0.1, 0.15) is 29.0 Å². The van der Waals surface area contributed by atoms with Crippen LogP contribution < -0.4 is 10.2 Å². The van der Waals surface area contributed by atoms with Crippen LogP contribution in [0.4, 0.5) is 11.6 Å². The zero-order chi connectivity index (χ0) is 16.4. The van der Waals surface area contributed by atoms with Crippen molar-refractivity contribution >= 4 is 40.7 Å². The Bertz CT molecular complexity index is 745. The average molecular weight is 351 g/mol. The second-order valence-electron chi connectivity index (χ2n) is 5.47. The molecule has 120 valence electrons. The fraction of sp³-hybridized carbons (Fsp3) is 0.312. The lowest BCUT2D eigenvalue weighted by molar-refractivity contribution is 0.102. The predicted octanol–water partition coefficient (Wildman–Crippen LogP) is 3.94. The van der Waals surface area contributed by atoms with E-state index in [9.17, 15) is 4.79 Å². The van der Waals surface area contributed by atoms with Crippen LogP contribution in [-0.2, 0) is 0 Å². The zero-order valence-corrected chi connectivity index (χ0v) is 14.2. The van der Waals surface area contributed by atoms with E-state index in [1.54, 1.807) is 24.3 Å². The molecule has 1 aliphatic rings. The minimum Gasteiger partial charge on any atom is -0.341 e. The number of nitrogens with one attached hydrogen (secondary N) is 1. The van der Waals surface area contributed by atoms with E-state index < -0.39 is 0 Å². The number of hydrogen-bond acceptors (Lipinski definition) is 4. The Morgan fingerprint density at radius 1 is 1.13 bits per heavy atom. The molecule has 7 heteroatoms. The molecule has 0 unspecified atom stereocenters. The molecule has 1 aromatic carbocycles. The highest BCUT2D eigenvalue weighted by molar-refractivity contribution is 6.42. The summed E-state index contributed by atoms with van der Waals surface area (Å²) in [7, 11) is 0. The van der Waals surface area contributed by atoms with Crippen molar-refractivity contribution in [1.82, 2.24) is 9.97 Å². The van der Waals surface area contributed by atoms with Gasteiger partial charge in [0.2, 0.25) is 5.95 Å². The highest BCUT2D eigenvalue weighted by atomic mass is 35.5. The number of benzene rings is 1. The first kappa shape index (κ1) is 16.0. The number of carbonyl (C=O) groups excluding carboxylic acids is 1. The molecule has 0 aliphatic carbocycles. The highest BCUT2D eigenvalue weighted by Gasteiger charge is 2.18. The largest absolute Gasteiger partial charge is 0.341 e. The maximum Gasteiger partial charge on any atom is 0.274 e. The molecule has 0 spiro atoms. The molecule has 0 saturated carbocycles. The van der Waals surface area contributed by atoms with Crippen LogP contribution >= 0.6 is 23.2 Å². The van der Waals surface area contributed by atoms with Gasteiger partial charge < -0.3 is 10.2 Å². The molecule has 2 aromatic rings. The summed E-state index contributed by atoms with van der Waals surface area (Å²) in [5.41, 5.74) is 1.68. The molecule has 1 fully saturated rings. The summed E-state index contributed by atoms with van der Waals surface area (Å²) in [5, 5.41) is 3.61. The van der Waals surface area contributed by atoms with Crippen molar-refractivity contribution in [2.45, 2.75) is 19.8 Å². The summed E-state index contributed by atoms with van der Waals surface area (Å²) in [6.45, 7) is 3.71. The van der Waals surface area contributed by atoms with Crippen molar-refractivity contribution in [2.75, 3.05) is 23.3 Å². The van der Waals surface area contributed by atoms with E-state index in [2.05, 4.69) is 20.2 Å². The first-order valence-corrected chi connectivity index (χ1v) is 8.15. The van der Waals surface area contributed by atoms with Crippen molar-refractivity contribution in [3.8, 4) is 0 Å². The zero-order valence-electron chi connectivity index (χ0n) is 12.6. The van der Waals surface area contributed by atoms with Crippen LogP contribution in [-0.4, -0.2) is 29.0 Å². The van der Waals surface area contributed by atoms with Gasteiger partial charge in [-0.05, 0) is 44.0 Å². The van der Waals surface area contributed by atoms with Gasteiger partial charge in [-0.3, -0.25) is 4.79 Å². The summed E-state index contributed by atoms with van der Waals surface area (Å²) < 4.78 is 0. The van der Waals surface area contributed by atoms with E-state index in [1.807, 2.05) is 6.92 Å². The van der Waals surface area contributed by atoms with E-state index in [0.29, 0.717) is 27.4 Å². The number of rotatable bonds is 3. The number of amides is 1. The summed E-state index contributed by atoms with van der Waals surface area (Å²) in [6.07, 6.45) is 2.25. The van der Waals surface area contributed by atoms with Gasteiger partial charge in [0, 0.05) is 24.5 Å². The fourth-order valence-corrected chi connectivity index (χ4v) is 2.79. The van der Waals surface area contributed by atoms with E-state index in [-0.39, 0.29) is 5.91 Å². The summed E-state index contributed by atoms with van der Waals surface area (Å²) in [4.78, 5) is 23.4. The van der Waals surface area contributed by atoms with E-state index in [4.69, 9.17) is 23.2 Å². The minimum absolute atomic E-state index is 0.297. The normalized spacial score (nSPS) is 14.1. The average Bonchev–Trinajstić information content (AvgIpc) is 3.05. The molecular formula is C16H16Cl2N4O. The molecule has 1 aliphatic heterocycles. The summed E-state index contributed by atoms with van der Waals surface area (Å²) >= 11 is 11.8. The number of anilines is 2. The smallest absolute Gasteiger partial charge is 0.274 e. The van der Waals surface area contributed by atoms with Gasteiger partial charge in [-0.15, -0.1) is 0 Å². The molecule has 0 bridgehead atoms. The third kappa shape index (κ3) is 3.74. The highest BCUT2D eigenvalue weighted by Crippen LogP contribution is 2.25. The second kappa shape index (κ2) is 6.72. The van der Waals surface area contributed by atoms with Crippen molar-refractivity contribution in [3.05, 3.63) is 45.7 Å².